The van der Waals surface area contributed by atoms with Crippen LogP contribution < -0.4 is 5.73 Å². The Labute approximate surface area is 107 Å². The van der Waals surface area contributed by atoms with Gasteiger partial charge in [-0.3, -0.25) is 4.79 Å². The average molecular weight is 239 g/mol. The summed E-state index contributed by atoms with van der Waals surface area (Å²) in [5.74, 6) is 0.148. The normalized spacial score (nSPS) is 10.3. The van der Waals surface area contributed by atoms with Gasteiger partial charge in [0.25, 0.3) is 0 Å². The van der Waals surface area contributed by atoms with Crippen molar-refractivity contribution in [1.29, 1.82) is 0 Å². The number of ketones is 1. The first-order valence-corrected chi connectivity index (χ1v) is 6.15. The van der Waals surface area contributed by atoms with E-state index in [1.54, 1.807) is 0 Å². The molecule has 0 saturated heterocycles. The molecular formula is C16H17NO. The van der Waals surface area contributed by atoms with Crippen molar-refractivity contribution in [2.45, 2.75) is 19.8 Å². The summed E-state index contributed by atoms with van der Waals surface area (Å²) < 4.78 is 0. The zero-order valence-electron chi connectivity index (χ0n) is 10.5. The first kappa shape index (κ1) is 12.4. The van der Waals surface area contributed by atoms with E-state index >= 15 is 0 Å². The van der Waals surface area contributed by atoms with Crippen molar-refractivity contribution >= 4 is 11.5 Å². The fourth-order valence-electron chi connectivity index (χ4n) is 1.89. The van der Waals surface area contributed by atoms with Gasteiger partial charge >= 0.3 is 0 Å². The Morgan fingerprint density at radius 2 is 1.78 bits per heavy atom. The molecule has 0 radical (unpaired) electrons. The molecule has 0 aliphatic carbocycles. The summed E-state index contributed by atoms with van der Waals surface area (Å²) >= 11 is 0. The third-order valence-electron chi connectivity index (χ3n) is 3.00. The number of rotatable bonds is 4. The van der Waals surface area contributed by atoms with Crippen molar-refractivity contribution < 1.29 is 4.79 Å². The zero-order valence-corrected chi connectivity index (χ0v) is 10.5. The Kier molecular flexibility index (Phi) is 3.78. The molecule has 0 unspecified atom stereocenters. The van der Waals surface area contributed by atoms with Crippen molar-refractivity contribution in [2.24, 2.45) is 0 Å². The third kappa shape index (κ3) is 2.98. The predicted octanol–water partition coefficient (Wildman–Crippen LogP) is 3.26. The van der Waals surface area contributed by atoms with Crippen molar-refractivity contribution in [1.82, 2.24) is 0 Å². The molecule has 0 heterocycles. The molecule has 0 spiro atoms. The maximum absolute atomic E-state index is 12.1. The summed E-state index contributed by atoms with van der Waals surface area (Å²) in [4.78, 5) is 12.1. The van der Waals surface area contributed by atoms with Gasteiger partial charge in [0.15, 0.2) is 5.78 Å². The molecular weight excluding hydrogens is 222 g/mol. The number of nitrogens with two attached hydrogens (primary N) is 1. The molecule has 0 aliphatic heterocycles. The van der Waals surface area contributed by atoms with Crippen molar-refractivity contribution in [3.05, 3.63) is 65.2 Å². The van der Waals surface area contributed by atoms with Crippen LogP contribution in [0.3, 0.4) is 0 Å². The Morgan fingerprint density at radius 1 is 1.06 bits per heavy atom. The quantitative estimate of drug-likeness (QED) is 0.657. The van der Waals surface area contributed by atoms with Crippen LogP contribution in [0.5, 0.6) is 0 Å². The summed E-state index contributed by atoms with van der Waals surface area (Å²) in [6, 6.07) is 15.3. The second-order valence-electron chi connectivity index (χ2n) is 4.40. The topological polar surface area (TPSA) is 43.1 Å². The van der Waals surface area contributed by atoms with Crippen molar-refractivity contribution in [3.8, 4) is 0 Å². The summed E-state index contributed by atoms with van der Waals surface area (Å²) in [6.45, 7) is 2.09. The van der Waals surface area contributed by atoms with Crippen LogP contribution in [0.1, 0.15) is 28.4 Å². The number of Topliss-reactive ketones (excluding diaryl/α,β-unsaturated/α-hetero) is 1. The standard InChI is InChI=1S/C16H17NO/c1-2-12-4-3-5-14(10-12)16(18)11-13-6-8-15(17)9-7-13/h3-10H,2,11,17H2,1H3. The Hall–Kier alpha value is -2.09. The van der Waals surface area contributed by atoms with E-state index in [4.69, 9.17) is 5.73 Å². The number of aryl methyl sites for hydroxylation is 1. The highest BCUT2D eigenvalue weighted by molar-refractivity contribution is 5.97. The Morgan fingerprint density at radius 3 is 2.44 bits per heavy atom. The number of hydrogen-bond acceptors (Lipinski definition) is 2. The number of nitrogen functional groups attached to an aromatic ring is 1. The van der Waals surface area contributed by atoms with E-state index in [-0.39, 0.29) is 5.78 Å². The van der Waals surface area contributed by atoms with Crippen LogP contribution >= 0.6 is 0 Å². The minimum Gasteiger partial charge on any atom is -0.399 e. The van der Waals surface area contributed by atoms with E-state index in [1.165, 1.54) is 5.56 Å². The highest BCUT2D eigenvalue weighted by atomic mass is 16.1. The number of anilines is 1. The largest absolute Gasteiger partial charge is 0.399 e. The van der Waals surface area contributed by atoms with Crippen LogP contribution in [0.4, 0.5) is 5.69 Å². The highest BCUT2D eigenvalue weighted by Gasteiger charge is 2.07. The van der Waals surface area contributed by atoms with Gasteiger partial charge in [0.1, 0.15) is 0 Å². The van der Waals surface area contributed by atoms with E-state index in [0.29, 0.717) is 6.42 Å². The van der Waals surface area contributed by atoms with Crippen molar-refractivity contribution in [3.63, 3.8) is 0 Å². The zero-order chi connectivity index (χ0) is 13.0. The van der Waals surface area contributed by atoms with Gasteiger partial charge in [-0.15, -0.1) is 0 Å². The number of hydrogen-bond donors (Lipinski definition) is 1. The third-order valence-corrected chi connectivity index (χ3v) is 3.00. The Balaban J connectivity index is 2.14. The maximum atomic E-state index is 12.1. The summed E-state index contributed by atoms with van der Waals surface area (Å²) in [6.07, 6.45) is 1.37. The smallest absolute Gasteiger partial charge is 0.167 e. The maximum Gasteiger partial charge on any atom is 0.167 e. The van der Waals surface area contributed by atoms with Gasteiger partial charge in [0.05, 0.1) is 0 Å². The molecule has 0 amide bonds. The molecule has 0 atom stereocenters. The van der Waals surface area contributed by atoms with Gasteiger partial charge in [-0.25, -0.2) is 0 Å². The number of benzene rings is 2. The van der Waals surface area contributed by atoms with E-state index < -0.39 is 0 Å². The van der Waals surface area contributed by atoms with Gasteiger partial charge in [0.2, 0.25) is 0 Å². The highest BCUT2D eigenvalue weighted by Crippen LogP contribution is 2.12. The Bertz CT molecular complexity index is 543. The lowest BCUT2D eigenvalue weighted by molar-refractivity contribution is 0.0993. The van der Waals surface area contributed by atoms with Crippen LogP contribution in [-0.4, -0.2) is 5.78 Å². The van der Waals surface area contributed by atoms with Crippen molar-refractivity contribution in [2.75, 3.05) is 5.73 Å². The molecule has 2 aromatic carbocycles. The van der Waals surface area contributed by atoms with E-state index in [9.17, 15) is 4.79 Å². The molecule has 18 heavy (non-hydrogen) atoms. The first-order chi connectivity index (χ1) is 8.69. The molecule has 2 rings (SSSR count). The van der Waals surface area contributed by atoms with Crippen LogP contribution in [-0.2, 0) is 12.8 Å². The average Bonchev–Trinajstić information content (AvgIpc) is 2.41. The molecule has 0 saturated carbocycles. The van der Waals surface area contributed by atoms with E-state index in [1.807, 2.05) is 48.5 Å². The molecule has 0 aromatic heterocycles. The second kappa shape index (κ2) is 5.50. The fourth-order valence-corrected chi connectivity index (χ4v) is 1.89. The van der Waals surface area contributed by atoms with Crippen LogP contribution in [0, 0.1) is 0 Å². The van der Waals surface area contributed by atoms with Crippen LogP contribution in [0.25, 0.3) is 0 Å². The van der Waals surface area contributed by atoms with Gasteiger partial charge in [-0.2, -0.15) is 0 Å². The second-order valence-corrected chi connectivity index (χ2v) is 4.40. The lowest BCUT2D eigenvalue weighted by atomic mass is 10.0. The SMILES string of the molecule is CCc1cccc(C(=O)Cc2ccc(N)cc2)c1. The minimum atomic E-state index is 0.148. The number of carbonyl (C=O) groups is 1. The number of carbonyl (C=O) groups excluding carboxylic acids is 1. The lowest BCUT2D eigenvalue weighted by Crippen LogP contribution is -2.04. The molecule has 2 aromatic rings. The van der Waals surface area contributed by atoms with E-state index in [0.717, 1.165) is 23.2 Å². The molecule has 0 bridgehead atoms. The van der Waals surface area contributed by atoms with Gasteiger partial charge < -0.3 is 5.73 Å². The first-order valence-electron chi connectivity index (χ1n) is 6.15. The molecule has 2 N–H and O–H groups in total. The lowest BCUT2D eigenvalue weighted by Gasteiger charge is -2.04. The molecule has 2 heteroatoms. The van der Waals surface area contributed by atoms with Gasteiger partial charge in [-0.1, -0.05) is 37.3 Å². The minimum absolute atomic E-state index is 0.148. The molecule has 0 fully saturated rings. The molecule has 2 nitrogen and oxygen atoms in total. The molecule has 0 aliphatic rings. The van der Waals surface area contributed by atoms with Crippen LogP contribution in [0.2, 0.25) is 0 Å². The summed E-state index contributed by atoms with van der Waals surface area (Å²) in [7, 11) is 0. The van der Waals surface area contributed by atoms with Gasteiger partial charge in [-0.05, 0) is 35.7 Å². The van der Waals surface area contributed by atoms with Crippen LogP contribution in [0.15, 0.2) is 48.5 Å². The summed E-state index contributed by atoms with van der Waals surface area (Å²) in [5, 5.41) is 0. The predicted molar refractivity (Wildman–Crippen MR) is 74.7 cm³/mol. The summed E-state index contributed by atoms with van der Waals surface area (Å²) in [5.41, 5.74) is 9.32. The molecule has 92 valence electrons. The van der Waals surface area contributed by atoms with Gasteiger partial charge in [0, 0.05) is 17.7 Å². The van der Waals surface area contributed by atoms with E-state index in [2.05, 4.69) is 6.92 Å². The monoisotopic (exact) mass is 239 g/mol. The fraction of sp³-hybridized carbons (Fsp3) is 0.188.